The molecule has 26 heavy (non-hydrogen) atoms. The van der Waals surface area contributed by atoms with Crippen LogP contribution in [0.25, 0.3) is 0 Å². The van der Waals surface area contributed by atoms with Crippen LogP contribution in [-0.2, 0) is 0 Å². The number of hydrogen-bond acceptors (Lipinski definition) is 5. The van der Waals surface area contributed by atoms with Crippen molar-refractivity contribution in [2.45, 2.75) is 12.8 Å². The number of likely N-dealkylation sites (tertiary alicyclic amines) is 2. The van der Waals surface area contributed by atoms with Gasteiger partial charge in [0.15, 0.2) is 17.4 Å². The number of rotatable bonds is 3. The number of nitrogens with zero attached hydrogens (tertiary/aromatic N) is 4. The number of likely N-dealkylation sites (N-methyl/N-ethyl adjacent to an activating group) is 1. The van der Waals surface area contributed by atoms with Crippen LogP contribution in [0.4, 0.5) is 4.39 Å². The van der Waals surface area contributed by atoms with Gasteiger partial charge in [0, 0.05) is 43.1 Å². The number of aryl methyl sites for hydroxylation is 1. The summed E-state index contributed by atoms with van der Waals surface area (Å²) >= 11 is 0. The molecule has 0 saturated carbocycles. The largest absolute Gasteiger partial charge is 0.494 e. The van der Waals surface area contributed by atoms with E-state index in [9.17, 15) is 9.18 Å². The van der Waals surface area contributed by atoms with Gasteiger partial charge in [-0.2, -0.15) is 5.10 Å². The van der Waals surface area contributed by atoms with Crippen LogP contribution in [0.2, 0.25) is 0 Å². The number of hydrogen-bond donors (Lipinski definition) is 1. The quantitative estimate of drug-likeness (QED) is 0.897. The van der Waals surface area contributed by atoms with Gasteiger partial charge in [-0.05, 0) is 32.2 Å². The molecule has 0 radical (unpaired) electrons. The highest BCUT2D eigenvalue weighted by Crippen LogP contribution is 2.48. The van der Waals surface area contributed by atoms with E-state index in [1.54, 1.807) is 11.0 Å². The highest BCUT2D eigenvalue weighted by molar-refractivity contribution is 5.95. The van der Waals surface area contributed by atoms with Crippen molar-refractivity contribution in [3.8, 4) is 5.75 Å². The summed E-state index contributed by atoms with van der Waals surface area (Å²) in [6, 6.07) is 4.33. The molecule has 1 spiro atoms. The van der Waals surface area contributed by atoms with Crippen LogP contribution in [0.1, 0.15) is 27.9 Å². The van der Waals surface area contributed by atoms with E-state index >= 15 is 0 Å². The van der Waals surface area contributed by atoms with Gasteiger partial charge in [0.1, 0.15) is 5.82 Å². The molecule has 2 aliphatic heterocycles. The lowest BCUT2D eigenvalue weighted by atomic mass is 9.71. The van der Waals surface area contributed by atoms with E-state index in [4.69, 9.17) is 4.74 Å². The van der Waals surface area contributed by atoms with Gasteiger partial charge in [0.25, 0.3) is 5.91 Å². The van der Waals surface area contributed by atoms with E-state index in [1.165, 1.54) is 19.2 Å². The van der Waals surface area contributed by atoms with Gasteiger partial charge in [-0.3, -0.25) is 9.89 Å². The van der Waals surface area contributed by atoms with Crippen molar-refractivity contribution in [3.05, 3.63) is 41.2 Å². The van der Waals surface area contributed by atoms with Crippen molar-refractivity contribution < 1.29 is 13.9 Å². The Morgan fingerprint density at radius 1 is 1.38 bits per heavy atom. The van der Waals surface area contributed by atoms with Gasteiger partial charge in [0.05, 0.1) is 7.11 Å². The van der Waals surface area contributed by atoms with E-state index in [0.29, 0.717) is 18.7 Å². The minimum atomic E-state index is -0.525. The molecule has 7 nitrogen and oxygen atoms in total. The second kappa shape index (κ2) is 6.05. The number of halogens is 1. The molecule has 1 atom stereocenters. The first-order chi connectivity index (χ1) is 12.4. The molecule has 1 amide bonds. The summed E-state index contributed by atoms with van der Waals surface area (Å²) in [5.41, 5.74) is 0.305. The van der Waals surface area contributed by atoms with E-state index in [-0.39, 0.29) is 23.0 Å². The Hall–Kier alpha value is -2.48. The number of H-pyrrole nitrogens is 1. The van der Waals surface area contributed by atoms with E-state index < -0.39 is 5.82 Å². The fraction of sp³-hybridized carbons (Fsp3) is 0.500. The maximum Gasteiger partial charge on any atom is 0.254 e. The molecule has 1 N–H and O–H groups in total. The summed E-state index contributed by atoms with van der Waals surface area (Å²) in [5.74, 6) is 1.26. The third kappa shape index (κ3) is 2.65. The third-order valence-corrected chi connectivity index (χ3v) is 5.44. The Morgan fingerprint density at radius 3 is 2.77 bits per heavy atom. The van der Waals surface area contributed by atoms with E-state index in [1.807, 2.05) is 6.92 Å². The van der Waals surface area contributed by atoms with Crippen LogP contribution in [0.3, 0.4) is 0 Å². The number of nitrogens with one attached hydrogen (secondary N) is 1. The fourth-order valence-corrected chi connectivity index (χ4v) is 4.25. The molecule has 0 aliphatic carbocycles. The van der Waals surface area contributed by atoms with Crippen molar-refractivity contribution in [2.24, 2.45) is 5.41 Å². The summed E-state index contributed by atoms with van der Waals surface area (Å²) in [6.07, 6.45) is 0. The molecule has 8 heteroatoms. The maximum absolute atomic E-state index is 13.9. The Labute approximate surface area is 151 Å². The lowest BCUT2D eigenvalue weighted by molar-refractivity contribution is 0.00297. The average Bonchev–Trinajstić information content (AvgIpc) is 3.15. The van der Waals surface area contributed by atoms with Crippen molar-refractivity contribution in [3.63, 3.8) is 0 Å². The second-order valence-corrected chi connectivity index (χ2v) is 7.40. The van der Waals surface area contributed by atoms with Gasteiger partial charge >= 0.3 is 0 Å². The Balaban J connectivity index is 1.51. The summed E-state index contributed by atoms with van der Waals surface area (Å²) in [6.45, 7) is 4.91. The third-order valence-electron chi connectivity index (χ3n) is 5.44. The van der Waals surface area contributed by atoms with Gasteiger partial charge in [-0.25, -0.2) is 9.37 Å². The van der Waals surface area contributed by atoms with E-state index in [0.717, 1.165) is 24.7 Å². The summed E-state index contributed by atoms with van der Waals surface area (Å²) in [5, 5.41) is 7.25. The van der Waals surface area contributed by atoms with E-state index in [2.05, 4.69) is 27.1 Å². The monoisotopic (exact) mass is 359 g/mol. The highest BCUT2D eigenvalue weighted by Gasteiger charge is 2.56. The zero-order chi connectivity index (χ0) is 18.5. The number of carbonyl (C=O) groups excluding carboxylic acids is 1. The molecule has 0 bridgehead atoms. The maximum atomic E-state index is 13.9. The molecule has 2 fully saturated rings. The predicted octanol–water partition coefficient (Wildman–Crippen LogP) is 1.43. The fourth-order valence-electron chi connectivity index (χ4n) is 4.25. The Kier molecular flexibility index (Phi) is 3.95. The van der Waals surface area contributed by atoms with Gasteiger partial charge in [-0.15, -0.1) is 0 Å². The number of aromatic nitrogens is 3. The summed E-state index contributed by atoms with van der Waals surface area (Å²) < 4.78 is 18.8. The molecular weight excluding hydrogens is 337 g/mol. The zero-order valence-corrected chi connectivity index (χ0v) is 15.1. The first-order valence-corrected chi connectivity index (χ1v) is 8.62. The molecule has 2 saturated heterocycles. The first kappa shape index (κ1) is 17.0. The molecule has 2 aromatic rings. The molecule has 2 aliphatic rings. The molecular formula is C18H22FN5O2. The average molecular weight is 359 g/mol. The topological polar surface area (TPSA) is 74.3 Å². The minimum Gasteiger partial charge on any atom is -0.494 e. The summed E-state index contributed by atoms with van der Waals surface area (Å²) in [7, 11) is 3.48. The zero-order valence-electron chi connectivity index (χ0n) is 15.1. The standard InChI is InChI=1S/C18H22FN5O2/c1-11-20-16(22-21-11)13-7-23(2)8-18(13)9-24(10-18)17(25)12-4-5-15(26-3)14(19)6-12/h4-6,13H,7-10H2,1-3H3,(H,20,21,22). The minimum absolute atomic E-state index is 0.0376. The number of amides is 1. The lowest BCUT2D eigenvalue weighted by Crippen LogP contribution is -2.61. The lowest BCUT2D eigenvalue weighted by Gasteiger charge is -2.50. The van der Waals surface area contributed by atoms with Crippen LogP contribution < -0.4 is 4.74 Å². The number of aromatic amines is 1. The highest BCUT2D eigenvalue weighted by atomic mass is 19.1. The Morgan fingerprint density at radius 2 is 2.15 bits per heavy atom. The second-order valence-electron chi connectivity index (χ2n) is 7.40. The molecule has 1 aromatic heterocycles. The van der Waals surface area contributed by atoms with Crippen molar-refractivity contribution in [1.82, 2.24) is 25.0 Å². The number of methoxy groups -OCH3 is 1. The van der Waals surface area contributed by atoms with Crippen LogP contribution in [0, 0.1) is 18.2 Å². The summed E-state index contributed by atoms with van der Waals surface area (Å²) in [4.78, 5) is 21.2. The smallest absolute Gasteiger partial charge is 0.254 e. The van der Waals surface area contributed by atoms with Crippen LogP contribution >= 0.6 is 0 Å². The molecule has 1 aromatic carbocycles. The SMILES string of the molecule is COc1ccc(C(=O)N2CC3(CN(C)CC3c3n[nH]c(C)n3)C2)cc1F. The number of benzene rings is 1. The van der Waals surface area contributed by atoms with Crippen molar-refractivity contribution >= 4 is 5.91 Å². The molecule has 3 heterocycles. The number of carbonyl (C=O) groups is 1. The van der Waals surface area contributed by atoms with Gasteiger partial charge < -0.3 is 14.5 Å². The molecule has 1 unspecified atom stereocenters. The first-order valence-electron chi connectivity index (χ1n) is 8.62. The van der Waals surface area contributed by atoms with Gasteiger partial charge in [-0.1, -0.05) is 0 Å². The normalized spacial score (nSPS) is 21.8. The predicted molar refractivity (Wildman–Crippen MR) is 92.6 cm³/mol. The van der Waals surface area contributed by atoms with Crippen LogP contribution in [-0.4, -0.2) is 71.2 Å². The van der Waals surface area contributed by atoms with Crippen molar-refractivity contribution in [1.29, 1.82) is 0 Å². The molecule has 138 valence electrons. The van der Waals surface area contributed by atoms with Crippen LogP contribution in [0.5, 0.6) is 5.75 Å². The Bertz CT molecular complexity index is 846. The van der Waals surface area contributed by atoms with Crippen molar-refractivity contribution in [2.75, 3.05) is 40.3 Å². The van der Waals surface area contributed by atoms with Gasteiger partial charge in [0.2, 0.25) is 0 Å². The van der Waals surface area contributed by atoms with Crippen LogP contribution in [0.15, 0.2) is 18.2 Å². The molecule has 4 rings (SSSR count). The number of ether oxygens (including phenoxy) is 1.